The van der Waals surface area contributed by atoms with Crippen LogP contribution >= 0.6 is 34.3 Å². The molecular weight excluding hydrogens is 1020 g/mol. The minimum absolute atomic E-state index is 0.0249. The van der Waals surface area contributed by atoms with Crippen LogP contribution in [0.5, 0.6) is 0 Å². The summed E-state index contributed by atoms with van der Waals surface area (Å²) < 4.78 is 96.1. The first kappa shape index (κ1) is 51.9. The number of benzene rings is 2. The third-order valence-corrected chi connectivity index (χ3v) is 15.8. The van der Waals surface area contributed by atoms with Gasteiger partial charge < -0.3 is 25.4 Å². The number of amides is 1. The Morgan fingerprint density at radius 3 is 1.59 bits per heavy atom. The molecule has 8 rings (SSSR count). The second-order valence-electron chi connectivity index (χ2n) is 17.4. The van der Waals surface area contributed by atoms with Crippen LogP contribution in [0, 0.1) is 11.6 Å². The van der Waals surface area contributed by atoms with E-state index in [1.165, 1.54) is 89.7 Å². The first-order valence-electron chi connectivity index (χ1n) is 20.8. The monoisotopic (exact) mass is 1070 g/mol. The normalized spacial score (nSPS) is 12.3. The van der Waals surface area contributed by atoms with Crippen LogP contribution in [0.1, 0.15) is 58.5 Å². The average Bonchev–Trinajstić information content (AvgIpc) is 4.12. The molecule has 0 unspecified atom stereocenters. The van der Waals surface area contributed by atoms with Gasteiger partial charge in [0.25, 0.3) is 20.0 Å². The molecule has 71 heavy (non-hydrogen) atoms. The predicted molar refractivity (Wildman–Crippen MR) is 265 cm³/mol. The zero-order valence-electron chi connectivity index (χ0n) is 38.6. The van der Waals surface area contributed by atoms with E-state index in [4.69, 9.17) is 36.9 Å². The molecule has 1 amide bonds. The zero-order chi connectivity index (χ0) is 51.8. The van der Waals surface area contributed by atoms with Crippen molar-refractivity contribution in [2.75, 3.05) is 15.2 Å². The summed E-state index contributed by atoms with van der Waals surface area (Å²) in [4.78, 5) is 39.7. The largest absolute Gasteiger partial charge is 0.471 e. The third-order valence-electron chi connectivity index (χ3n) is 10.1. The number of anilines is 3. The summed E-state index contributed by atoms with van der Waals surface area (Å²) >= 11 is 8.41. The Hall–Kier alpha value is -6.90. The number of furan rings is 2. The van der Waals surface area contributed by atoms with Gasteiger partial charge in [-0.2, -0.15) is 0 Å². The number of nitrogens with two attached hydrogens (primary N) is 2. The lowest BCUT2D eigenvalue weighted by molar-refractivity contribution is 0.0313. The molecule has 0 atom stereocenters. The topological polar surface area (TPSA) is 289 Å². The van der Waals surface area contributed by atoms with Crippen molar-refractivity contribution in [3.8, 4) is 43.7 Å². The van der Waals surface area contributed by atoms with Crippen LogP contribution in [0.4, 0.5) is 30.9 Å². The van der Waals surface area contributed by atoms with Gasteiger partial charge in [-0.05, 0) is 109 Å². The Labute approximate surface area is 419 Å². The van der Waals surface area contributed by atoms with Crippen LogP contribution in [0.3, 0.4) is 0 Å². The number of sulfonamides is 2. The first-order valence-corrected chi connectivity index (χ1v) is 25.8. The number of carbonyl (C=O) groups is 1. The van der Waals surface area contributed by atoms with Gasteiger partial charge in [0, 0.05) is 29.1 Å². The second kappa shape index (κ2) is 19.7. The summed E-state index contributed by atoms with van der Waals surface area (Å²) in [7, 11) is -8.16. The average molecular weight is 1070 g/mol. The number of thiazole rings is 2. The first-order chi connectivity index (χ1) is 33.2. The van der Waals surface area contributed by atoms with Gasteiger partial charge in [-0.3, -0.25) is 14.3 Å². The predicted octanol–water partition coefficient (Wildman–Crippen LogP) is 10.0. The molecule has 8 aromatic rings. The molecule has 0 fully saturated rings. The number of hydrogen-bond donors (Lipinski definition) is 5. The van der Waals surface area contributed by atoms with Gasteiger partial charge in [0.15, 0.2) is 11.6 Å². The molecular formula is C45H44ClF2N11O8S4. The van der Waals surface area contributed by atoms with E-state index >= 15 is 8.78 Å². The lowest BCUT2D eigenvalue weighted by atomic mass is 9.95. The molecule has 6 aromatic heterocycles. The second-order valence-corrected chi connectivity index (χ2v) is 23.1. The lowest BCUT2D eigenvalue weighted by Gasteiger charge is -2.44. The van der Waals surface area contributed by atoms with Gasteiger partial charge in [0.2, 0.25) is 11.2 Å². The molecule has 0 aliphatic rings. The number of nitrogens with zero attached hydrogens (tertiary/aromatic N) is 7. The van der Waals surface area contributed by atoms with Crippen molar-refractivity contribution < 1.29 is 44.4 Å². The maximum Gasteiger partial charge on any atom is 0.408 e. The number of nitrogens with one attached hydrogen (secondary N) is 2. The molecule has 0 spiro atoms. The van der Waals surface area contributed by atoms with Crippen molar-refractivity contribution in [1.29, 1.82) is 0 Å². The van der Waals surface area contributed by atoms with E-state index in [0.29, 0.717) is 31.2 Å². The summed E-state index contributed by atoms with van der Waals surface area (Å²) in [6.07, 6.45) is 6.25. The molecule has 7 N–H and O–H groups in total. The number of hydrogen-bond acceptors (Lipinski definition) is 17. The summed E-state index contributed by atoms with van der Waals surface area (Å²) in [5.74, 6) is -1.63. The molecule has 0 radical (unpaired) electrons. The molecule has 372 valence electrons. The van der Waals surface area contributed by atoms with E-state index < -0.39 is 54.4 Å². The van der Waals surface area contributed by atoms with E-state index in [1.54, 1.807) is 60.6 Å². The van der Waals surface area contributed by atoms with Crippen molar-refractivity contribution in [1.82, 2.24) is 34.8 Å². The van der Waals surface area contributed by atoms with Crippen molar-refractivity contribution in [2.24, 2.45) is 5.73 Å². The minimum atomic E-state index is -4.13. The lowest BCUT2D eigenvalue weighted by Crippen LogP contribution is -2.54. The summed E-state index contributed by atoms with van der Waals surface area (Å²) in [6, 6.07) is 14.2. The minimum Gasteiger partial charge on any atom is -0.471 e. The molecule has 0 saturated carbocycles. The maximum atomic E-state index is 15.9. The number of rotatable bonds is 13. The molecule has 26 heteroatoms. The van der Waals surface area contributed by atoms with E-state index in [1.807, 2.05) is 0 Å². The Morgan fingerprint density at radius 2 is 1.17 bits per heavy atom. The van der Waals surface area contributed by atoms with Crippen LogP contribution < -0.4 is 20.9 Å². The molecule has 6 heterocycles. The quantitative estimate of drug-likeness (QED) is 0.0671. The Bertz CT molecular complexity index is 3470. The number of carboxylic acid groups (broad SMARTS) is 1. The van der Waals surface area contributed by atoms with Gasteiger partial charge in [-0.15, -0.1) is 22.7 Å². The van der Waals surface area contributed by atoms with E-state index in [2.05, 4.69) is 34.4 Å². The van der Waals surface area contributed by atoms with E-state index in [9.17, 15) is 26.7 Å². The van der Waals surface area contributed by atoms with E-state index in [-0.39, 0.29) is 54.9 Å². The number of halogens is 3. The van der Waals surface area contributed by atoms with Crippen LogP contribution in [0.2, 0.25) is 5.28 Å². The standard InChI is InChI=1S/C25H25ClFN5O5S2.C20H19FN6O3S2/c1-24(2,3)32(23(33)34)25(4,5)21-30-19(20(38-21)17-9-11-28-22(26)29-17)15-7-6-8-16(18(15)27)31-39(35,36)14-10-12-37-13-14;1-20(2,23)18-26-16(17(31-18)14-6-8-24-19(22)25-14)12-4-3-5-13(15(12)21)27-32(28,29)11-7-9-30-10-11/h6-13,31H,1-5H3,(H,33,34);3-10,27H,23H2,1-2H3,(H2,22,24,25). The molecule has 19 nitrogen and oxygen atoms in total. The van der Waals surface area contributed by atoms with Crippen molar-refractivity contribution >= 4 is 77.7 Å². The highest BCUT2D eigenvalue weighted by Crippen LogP contribution is 2.45. The smallest absolute Gasteiger partial charge is 0.408 e. The fraction of sp³-hybridized carbons (Fsp3) is 0.222. The van der Waals surface area contributed by atoms with Crippen molar-refractivity contribution in [3.05, 3.63) is 125 Å². The molecule has 0 bridgehead atoms. The third kappa shape index (κ3) is 11.2. The Balaban J connectivity index is 0.000000213. The number of nitrogen functional groups attached to an aromatic ring is 1. The highest BCUT2D eigenvalue weighted by molar-refractivity contribution is 7.93. The molecule has 0 saturated heterocycles. The van der Waals surface area contributed by atoms with Gasteiger partial charge in [-0.25, -0.2) is 60.3 Å². The number of aromatic nitrogens is 6. The van der Waals surface area contributed by atoms with Gasteiger partial charge in [-0.1, -0.05) is 12.1 Å². The molecule has 0 aliphatic carbocycles. The molecule has 0 aliphatic heterocycles. The van der Waals surface area contributed by atoms with Crippen LogP contribution in [-0.2, 0) is 31.1 Å². The maximum absolute atomic E-state index is 15.9. The van der Waals surface area contributed by atoms with Gasteiger partial charge >= 0.3 is 6.09 Å². The molecule has 2 aromatic carbocycles. The summed E-state index contributed by atoms with van der Waals surface area (Å²) in [5.41, 5.74) is 9.92. The van der Waals surface area contributed by atoms with Crippen LogP contribution in [-0.4, -0.2) is 68.4 Å². The summed E-state index contributed by atoms with van der Waals surface area (Å²) in [6.45, 7) is 12.3. The Morgan fingerprint density at radius 1 is 0.704 bits per heavy atom. The van der Waals surface area contributed by atoms with Crippen molar-refractivity contribution in [2.45, 2.75) is 74.9 Å². The van der Waals surface area contributed by atoms with Crippen molar-refractivity contribution in [3.63, 3.8) is 0 Å². The summed E-state index contributed by atoms with van der Waals surface area (Å²) in [5, 5.41) is 10.9. The zero-order valence-corrected chi connectivity index (χ0v) is 42.6. The highest BCUT2D eigenvalue weighted by Gasteiger charge is 2.43. The fourth-order valence-electron chi connectivity index (χ4n) is 7.12. The van der Waals surface area contributed by atoms with Crippen LogP contribution in [0.15, 0.2) is 117 Å². The van der Waals surface area contributed by atoms with Gasteiger partial charge in [0.1, 0.15) is 32.3 Å². The highest BCUT2D eigenvalue weighted by atomic mass is 35.5. The van der Waals surface area contributed by atoms with Gasteiger partial charge in [0.05, 0.1) is 67.5 Å². The van der Waals surface area contributed by atoms with E-state index in [0.717, 1.165) is 23.9 Å². The van der Waals surface area contributed by atoms with Crippen LogP contribution in [0.25, 0.3) is 43.7 Å². The Kier molecular flexibility index (Phi) is 14.4. The SMILES string of the molecule is CC(C)(C)N(C(=O)O)C(C)(C)c1nc(-c2cccc(NS(=O)(=O)c3ccoc3)c2F)c(-c2ccnc(Cl)n2)s1.CC(C)(N)c1nc(-c2cccc(NS(=O)(=O)c3ccoc3)c2F)c(-c2ccnc(N)n2)s1. The fourth-order valence-corrected chi connectivity index (χ4v) is 11.4.